The number of benzene rings is 1. The lowest BCUT2D eigenvalue weighted by Crippen LogP contribution is -2.22. The van der Waals surface area contributed by atoms with Crippen LogP contribution in [0.1, 0.15) is 45.0 Å². The molecular formula is C15H21BrN4. The van der Waals surface area contributed by atoms with Gasteiger partial charge in [-0.25, -0.2) is 4.68 Å². The third-order valence-corrected chi connectivity index (χ3v) is 3.91. The quantitative estimate of drug-likeness (QED) is 0.926. The molecule has 1 heterocycles. The van der Waals surface area contributed by atoms with E-state index < -0.39 is 0 Å². The van der Waals surface area contributed by atoms with E-state index in [2.05, 4.69) is 71.4 Å². The molecule has 2 aromatic rings. The van der Waals surface area contributed by atoms with E-state index in [4.69, 9.17) is 0 Å². The van der Waals surface area contributed by atoms with Gasteiger partial charge in [0, 0.05) is 17.1 Å². The largest absolute Gasteiger partial charge is 0.304 e. The molecule has 0 fully saturated rings. The van der Waals surface area contributed by atoms with Crippen LogP contribution in [0.15, 0.2) is 34.9 Å². The summed E-state index contributed by atoms with van der Waals surface area (Å²) < 4.78 is 3.02. The molecule has 1 aromatic heterocycles. The molecule has 1 atom stereocenters. The third-order valence-electron chi connectivity index (χ3n) is 3.19. The number of rotatable bonds is 4. The lowest BCUT2D eigenvalue weighted by Gasteiger charge is -2.17. The molecule has 0 aliphatic carbocycles. The van der Waals surface area contributed by atoms with Crippen molar-refractivity contribution in [3.05, 3.63) is 46.2 Å². The normalized spacial score (nSPS) is 13.4. The molecule has 20 heavy (non-hydrogen) atoms. The monoisotopic (exact) mass is 336 g/mol. The molecule has 0 aliphatic heterocycles. The Balaban J connectivity index is 1.99. The van der Waals surface area contributed by atoms with Crippen molar-refractivity contribution >= 4 is 15.9 Å². The number of halogens is 1. The first-order valence-corrected chi connectivity index (χ1v) is 7.57. The molecule has 0 radical (unpaired) electrons. The summed E-state index contributed by atoms with van der Waals surface area (Å²) in [5.74, 6) is 0. The van der Waals surface area contributed by atoms with Gasteiger partial charge in [-0.2, -0.15) is 0 Å². The van der Waals surface area contributed by atoms with Crippen molar-refractivity contribution in [1.29, 1.82) is 0 Å². The molecule has 2 rings (SSSR count). The Kier molecular flexibility index (Phi) is 4.60. The van der Waals surface area contributed by atoms with Crippen molar-refractivity contribution < 1.29 is 0 Å². The van der Waals surface area contributed by atoms with E-state index >= 15 is 0 Å². The van der Waals surface area contributed by atoms with Gasteiger partial charge >= 0.3 is 0 Å². The fraction of sp³-hybridized carbons (Fsp3) is 0.467. The lowest BCUT2D eigenvalue weighted by molar-refractivity contribution is 0.347. The zero-order chi connectivity index (χ0) is 14.8. The van der Waals surface area contributed by atoms with Crippen molar-refractivity contribution in [3.63, 3.8) is 0 Å². The van der Waals surface area contributed by atoms with E-state index in [0.717, 1.165) is 10.2 Å². The summed E-state index contributed by atoms with van der Waals surface area (Å²) in [6, 6.07) is 8.51. The Hall–Kier alpha value is -1.20. The van der Waals surface area contributed by atoms with Gasteiger partial charge in [-0.15, -0.1) is 5.10 Å². The van der Waals surface area contributed by atoms with Crippen molar-refractivity contribution in [1.82, 2.24) is 20.3 Å². The number of hydrogen-bond acceptors (Lipinski definition) is 3. The van der Waals surface area contributed by atoms with Crippen LogP contribution in [0.5, 0.6) is 0 Å². The highest BCUT2D eigenvalue weighted by Gasteiger charge is 2.15. The van der Waals surface area contributed by atoms with Gasteiger partial charge in [0.2, 0.25) is 0 Å². The summed E-state index contributed by atoms with van der Waals surface area (Å²) in [5.41, 5.74) is 2.17. The second kappa shape index (κ2) is 6.06. The average Bonchev–Trinajstić information content (AvgIpc) is 2.85. The minimum Gasteiger partial charge on any atom is -0.304 e. The van der Waals surface area contributed by atoms with Gasteiger partial charge in [-0.05, 0) is 39.3 Å². The van der Waals surface area contributed by atoms with E-state index in [0.29, 0.717) is 6.54 Å². The standard InChI is InChI=1S/C15H21BrN4/c1-11(13-7-5-6-8-14(13)16)17-9-12-10-20(19-18-12)15(2,3)4/h5-8,10-11,17H,9H2,1-4H3. The molecule has 0 saturated heterocycles. The predicted octanol–water partition coefficient (Wildman–Crippen LogP) is 3.65. The van der Waals surface area contributed by atoms with Gasteiger partial charge in [0.1, 0.15) is 0 Å². The van der Waals surface area contributed by atoms with E-state index in [1.54, 1.807) is 0 Å². The number of nitrogens with zero attached hydrogens (tertiary/aromatic N) is 3. The van der Waals surface area contributed by atoms with E-state index in [1.165, 1.54) is 5.56 Å². The van der Waals surface area contributed by atoms with Crippen molar-refractivity contribution in [2.75, 3.05) is 0 Å². The summed E-state index contributed by atoms with van der Waals surface area (Å²) in [6.07, 6.45) is 2.00. The van der Waals surface area contributed by atoms with E-state index in [-0.39, 0.29) is 11.6 Å². The summed E-state index contributed by atoms with van der Waals surface area (Å²) in [6.45, 7) is 9.20. The Bertz CT molecular complexity index is 571. The molecule has 0 amide bonds. The molecule has 1 unspecified atom stereocenters. The molecule has 1 N–H and O–H groups in total. The fourth-order valence-electron chi connectivity index (χ4n) is 1.90. The van der Waals surface area contributed by atoms with Gasteiger partial charge in [-0.3, -0.25) is 0 Å². The van der Waals surface area contributed by atoms with Gasteiger partial charge < -0.3 is 5.32 Å². The molecule has 0 aliphatic rings. The molecule has 0 bridgehead atoms. The minimum atomic E-state index is -0.0284. The summed E-state index contributed by atoms with van der Waals surface area (Å²) >= 11 is 3.58. The minimum absolute atomic E-state index is 0.0284. The van der Waals surface area contributed by atoms with Gasteiger partial charge in [0.15, 0.2) is 0 Å². The molecule has 5 heteroatoms. The summed E-state index contributed by atoms with van der Waals surface area (Å²) in [5, 5.41) is 11.9. The second-order valence-corrected chi connectivity index (χ2v) is 6.80. The molecule has 0 saturated carbocycles. The van der Waals surface area contributed by atoms with Crippen LogP contribution in [0.3, 0.4) is 0 Å². The Labute approximate surface area is 128 Å². The smallest absolute Gasteiger partial charge is 0.0965 e. The predicted molar refractivity (Wildman–Crippen MR) is 84.4 cm³/mol. The SMILES string of the molecule is CC(NCc1cn(C(C)(C)C)nn1)c1ccccc1Br. The van der Waals surface area contributed by atoms with Crippen molar-refractivity contribution in [2.24, 2.45) is 0 Å². The zero-order valence-electron chi connectivity index (χ0n) is 12.4. The van der Waals surface area contributed by atoms with Gasteiger partial charge in [0.25, 0.3) is 0 Å². The maximum absolute atomic E-state index is 4.21. The van der Waals surface area contributed by atoms with E-state index in [9.17, 15) is 0 Å². The van der Waals surface area contributed by atoms with Crippen LogP contribution in [0.2, 0.25) is 0 Å². The first-order chi connectivity index (χ1) is 9.38. The highest BCUT2D eigenvalue weighted by Crippen LogP contribution is 2.23. The van der Waals surface area contributed by atoms with Gasteiger partial charge in [-0.1, -0.05) is 39.3 Å². The summed E-state index contributed by atoms with van der Waals surface area (Å²) in [4.78, 5) is 0. The number of aromatic nitrogens is 3. The van der Waals surface area contributed by atoms with Crippen LogP contribution >= 0.6 is 15.9 Å². The maximum Gasteiger partial charge on any atom is 0.0965 e. The highest BCUT2D eigenvalue weighted by atomic mass is 79.9. The van der Waals surface area contributed by atoms with Crippen LogP contribution in [0.25, 0.3) is 0 Å². The van der Waals surface area contributed by atoms with Crippen LogP contribution in [0, 0.1) is 0 Å². The van der Waals surface area contributed by atoms with Crippen LogP contribution in [-0.4, -0.2) is 15.0 Å². The first kappa shape index (κ1) is 15.2. The number of hydrogen-bond donors (Lipinski definition) is 1. The second-order valence-electron chi connectivity index (χ2n) is 5.95. The van der Waals surface area contributed by atoms with Crippen LogP contribution in [0.4, 0.5) is 0 Å². The average molecular weight is 337 g/mol. The molecule has 4 nitrogen and oxygen atoms in total. The Morgan fingerprint density at radius 2 is 2.00 bits per heavy atom. The van der Waals surface area contributed by atoms with E-state index in [1.807, 2.05) is 23.0 Å². The van der Waals surface area contributed by atoms with Crippen LogP contribution in [-0.2, 0) is 12.1 Å². The van der Waals surface area contributed by atoms with Crippen LogP contribution < -0.4 is 5.32 Å². The zero-order valence-corrected chi connectivity index (χ0v) is 14.0. The Morgan fingerprint density at radius 3 is 2.60 bits per heavy atom. The third kappa shape index (κ3) is 3.67. The molecule has 1 aromatic carbocycles. The fourth-order valence-corrected chi connectivity index (χ4v) is 2.53. The molecule has 108 valence electrons. The molecule has 0 spiro atoms. The van der Waals surface area contributed by atoms with Crippen molar-refractivity contribution in [3.8, 4) is 0 Å². The lowest BCUT2D eigenvalue weighted by atomic mass is 10.1. The van der Waals surface area contributed by atoms with Crippen molar-refractivity contribution in [2.45, 2.75) is 45.8 Å². The molecular weight excluding hydrogens is 316 g/mol. The Morgan fingerprint density at radius 1 is 1.30 bits per heavy atom. The maximum atomic E-state index is 4.21. The van der Waals surface area contributed by atoms with Gasteiger partial charge in [0.05, 0.1) is 17.4 Å². The summed E-state index contributed by atoms with van der Waals surface area (Å²) in [7, 11) is 0. The number of nitrogens with one attached hydrogen (secondary N) is 1. The highest BCUT2D eigenvalue weighted by molar-refractivity contribution is 9.10. The topological polar surface area (TPSA) is 42.7 Å². The first-order valence-electron chi connectivity index (χ1n) is 6.77.